The van der Waals surface area contributed by atoms with Crippen molar-refractivity contribution in [3.63, 3.8) is 0 Å². The molecule has 1 aromatic heterocycles. The summed E-state index contributed by atoms with van der Waals surface area (Å²) < 4.78 is 28.0. The lowest BCUT2D eigenvalue weighted by molar-refractivity contribution is -0.123. The number of nitrogens with zero attached hydrogens (tertiary/aromatic N) is 1. The predicted molar refractivity (Wildman–Crippen MR) is 85.4 cm³/mol. The molecule has 22 heavy (non-hydrogen) atoms. The van der Waals surface area contributed by atoms with Crippen molar-refractivity contribution in [2.45, 2.75) is 20.8 Å². The van der Waals surface area contributed by atoms with Crippen LogP contribution in [0.3, 0.4) is 0 Å². The molecule has 0 fully saturated rings. The second-order valence-electron chi connectivity index (χ2n) is 5.85. The average Bonchev–Trinajstić information content (AvgIpc) is 2.42. The molecule has 0 atom stereocenters. The molecule has 1 heterocycles. The normalized spacial score (nSPS) is 11.4. The Hall–Kier alpha value is -1.82. The zero-order valence-corrected chi connectivity index (χ0v) is 14.0. The van der Waals surface area contributed by atoms with Gasteiger partial charge >= 0.3 is 0 Å². The molecule has 1 amide bonds. The first kappa shape index (κ1) is 16.5. The number of amides is 1. The second-order valence-corrected chi connectivity index (χ2v) is 6.70. The Bertz CT molecular complexity index is 727. The zero-order chi connectivity index (χ0) is 16.5. The van der Waals surface area contributed by atoms with E-state index in [1.807, 2.05) is 0 Å². The van der Waals surface area contributed by atoms with Crippen LogP contribution in [0.25, 0.3) is 11.3 Å². The minimum Gasteiger partial charge on any atom is -0.325 e. The highest BCUT2D eigenvalue weighted by Crippen LogP contribution is 2.34. The van der Waals surface area contributed by atoms with Gasteiger partial charge in [-0.2, -0.15) is 0 Å². The van der Waals surface area contributed by atoms with Gasteiger partial charge in [-0.05, 0) is 40.2 Å². The molecule has 0 unspecified atom stereocenters. The van der Waals surface area contributed by atoms with Crippen LogP contribution >= 0.6 is 15.9 Å². The second kappa shape index (κ2) is 6.12. The van der Waals surface area contributed by atoms with Crippen molar-refractivity contribution in [2.24, 2.45) is 5.41 Å². The Morgan fingerprint density at radius 1 is 1.23 bits per heavy atom. The van der Waals surface area contributed by atoms with Gasteiger partial charge in [-0.25, -0.2) is 8.78 Å². The summed E-state index contributed by atoms with van der Waals surface area (Å²) in [7, 11) is 0. The van der Waals surface area contributed by atoms with E-state index in [1.165, 1.54) is 24.4 Å². The van der Waals surface area contributed by atoms with Gasteiger partial charge < -0.3 is 5.32 Å². The number of hydrogen-bond acceptors (Lipinski definition) is 2. The van der Waals surface area contributed by atoms with Crippen LogP contribution in [0, 0.1) is 17.0 Å². The molecule has 0 saturated carbocycles. The van der Waals surface area contributed by atoms with Crippen molar-refractivity contribution in [1.29, 1.82) is 0 Å². The fourth-order valence-corrected chi connectivity index (χ4v) is 2.08. The number of hydrogen-bond donors (Lipinski definition) is 1. The lowest BCUT2D eigenvalue weighted by Gasteiger charge is -2.19. The van der Waals surface area contributed by atoms with Crippen molar-refractivity contribution in [1.82, 2.24) is 4.98 Å². The van der Waals surface area contributed by atoms with Crippen LogP contribution in [0.4, 0.5) is 14.5 Å². The average molecular weight is 369 g/mol. The maximum absolute atomic E-state index is 14.0. The summed E-state index contributed by atoms with van der Waals surface area (Å²) in [4.78, 5) is 16.1. The van der Waals surface area contributed by atoms with E-state index in [2.05, 4.69) is 26.2 Å². The van der Waals surface area contributed by atoms with E-state index in [1.54, 1.807) is 20.8 Å². The summed E-state index contributed by atoms with van der Waals surface area (Å²) in [5.41, 5.74) is -0.127. The third-order valence-electron chi connectivity index (χ3n) is 3.00. The van der Waals surface area contributed by atoms with Crippen LogP contribution in [0.5, 0.6) is 0 Å². The van der Waals surface area contributed by atoms with Crippen molar-refractivity contribution >= 4 is 27.5 Å². The number of anilines is 1. The Morgan fingerprint density at radius 2 is 1.91 bits per heavy atom. The first-order valence-corrected chi connectivity index (χ1v) is 7.41. The maximum Gasteiger partial charge on any atom is 0.229 e. The lowest BCUT2D eigenvalue weighted by atomic mass is 9.95. The van der Waals surface area contributed by atoms with Gasteiger partial charge in [0.2, 0.25) is 5.91 Å². The number of pyridine rings is 1. The third kappa shape index (κ3) is 3.50. The number of benzene rings is 1. The monoisotopic (exact) mass is 368 g/mol. The number of aromatic nitrogens is 1. The molecule has 0 aliphatic carbocycles. The van der Waals surface area contributed by atoms with Crippen LogP contribution in [0.15, 0.2) is 34.9 Å². The van der Waals surface area contributed by atoms with Gasteiger partial charge in [0, 0.05) is 17.2 Å². The zero-order valence-electron chi connectivity index (χ0n) is 12.4. The van der Waals surface area contributed by atoms with E-state index >= 15 is 0 Å². The first-order chi connectivity index (χ1) is 10.2. The molecular formula is C16H15BrF2N2O. The van der Waals surface area contributed by atoms with Crippen LogP contribution < -0.4 is 5.32 Å². The molecule has 0 aliphatic heterocycles. The van der Waals surface area contributed by atoms with Gasteiger partial charge in [-0.1, -0.05) is 20.8 Å². The number of carbonyl (C=O) groups is 1. The SMILES string of the molecule is CC(C)(C)C(=O)Nc1cc(F)c(Br)cc1-c1ncccc1F. The number of halogens is 3. The molecule has 116 valence electrons. The summed E-state index contributed by atoms with van der Waals surface area (Å²) in [6.07, 6.45) is 1.44. The molecule has 0 saturated heterocycles. The van der Waals surface area contributed by atoms with Crippen LogP contribution in [0.1, 0.15) is 20.8 Å². The Kier molecular flexibility index (Phi) is 4.60. The van der Waals surface area contributed by atoms with Crippen molar-refractivity contribution in [2.75, 3.05) is 5.32 Å². The van der Waals surface area contributed by atoms with Gasteiger partial charge in [0.1, 0.15) is 17.3 Å². The van der Waals surface area contributed by atoms with Crippen LogP contribution in [-0.2, 0) is 4.79 Å². The Labute approximate surface area is 135 Å². The van der Waals surface area contributed by atoms with E-state index in [4.69, 9.17) is 0 Å². The molecule has 0 aliphatic rings. The summed E-state index contributed by atoms with van der Waals surface area (Å²) in [6.45, 7) is 5.20. The smallest absolute Gasteiger partial charge is 0.229 e. The van der Waals surface area contributed by atoms with Gasteiger partial charge in [0.25, 0.3) is 0 Å². The molecule has 0 spiro atoms. The minimum absolute atomic E-state index is 0.0485. The van der Waals surface area contributed by atoms with E-state index < -0.39 is 17.0 Å². The van der Waals surface area contributed by atoms with Gasteiger partial charge in [0.05, 0.1) is 10.2 Å². The largest absolute Gasteiger partial charge is 0.325 e. The summed E-state index contributed by atoms with van der Waals surface area (Å²) in [6, 6.07) is 5.27. The van der Waals surface area contributed by atoms with Gasteiger partial charge in [-0.15, -0.1) is 0 Å². The topological polar surface area (TPSA) is 42.0 Å². The minimum atomic E-state index is -0.663. The Balaban J connectivity index is 2.56. The fourth-order valence-electron chi connectivity index (χ4n) is 1.74. The third-order valence-corrected chi connectivity index (χ3v) is 3.61. The quantitative estimate of drug-likeness (QED) is 0.828. The highest BCUT2D eigenvalue weighted by molar-refractivity contribution is 9.10. The highest BCUT2D eigenvalue weighted by atomic mass is 79.9. The molecule has 6 heteroatoms. The molecule has 0 bridgehead atoms. The summed E-state index contributed by atoms with van der Waals surface area (Å²) in [5.74, 6) is -1.40. The molecule has 0 radical (unpaired) electrons. The molecular weight excluding hydrogens is 354 g/mol. The molecule has 3 nitrogen and oxygen atoms in total. The summed E-state index contributed by atoms with van der Waals surface area (Å²) in [5, 5.41) is 2.64. The number of rotatable bonds is 2. The lowest BCUT2D eigenvalue weighted by Crippen LogP contribution is -2.28. The molecule has 2 aromatic rings. The fraction of sp³-hybridized carbons (Fsp3) is 0.250. The van der Waals surface area contributed by atoms with Crippen molar-refractivity contribution < 1.29 is 13.6 Å². The standard InChI is InChI=1S/C16H15BrF2N2O/c1-16(2,3)15(22)21-13-8-12(19)10(17)7-9(13)14-11(18)5-4-6-20-14/h4-8H,1-3H3,(H,21,22). The first-order valence-electron chi connectivity index (χ1n) is 6.61. The van der Waals surface area contributed by atoms with E-state index in [0.717, 1.165) is 6.07 Å². The van der Waals surface area contributed by atoms with E-state index in [-0.39, 0.29) is 21.8 Å². The molecule has 2 rings (SSSR count). The highest BCUT2D eigenvalue weighted by Gasteiger charge is 2.23. The van der Waals surface area contributed by atoms with Crippen molar-refractivity contribution in [3.8, 4) is 11.3 Å². The predicted octanol–water partition coefficient (Wildman–Crippen LogP) is 4.77. The number of nitrogens with one attached hydrogen (secondary N) is 1. The van der Waals surface area contributed by atoms with Crippen molar-refractivity contribution in [3.05, 3.63) is 46.6 Å². The molecule has 1 aromatic carbocycles. The number of carbonyl (C=O) groups excluding carboxylic acids is 1. The van der Waals surface area contributed by atoms with Crippen LogP contribution in [0.2, 0.25) is 0 Å². The molecule has 1 N–H and O–H groups in total. The maximum atomic E-state index is 14.0. The van der Waals surface area contributed by atoms with E-state index in [0.29, 0.717) is 5.56 Å². The van der Waals surface area contributed by atoms with Crippen LogP contribution in [-0.4, -0.2) is 10.9 Å². The van der Waals surface area contributed by atoms with E-state index in [9.17, 15) is 13.6 Å². The van der Waals surface area contributed by atoms with Gasteiger partial charge in [0.15, 0.2) is 0 Å². The van der Waals surface area contributed by atoms with Gasteiger partial charge in [-0.3, -0.25) is 9.78 Å². The summed E-state index contributed by atoms with van der Waals surface area (Å²) >= 11 is 3.07. The Morgan fingerprint density at radius 3 is 2.50 bits per heavy atom.